The Morgan fingerprint density at radius 1 is 1.39 bits per heavy atom. The molecular formula is C13H16INO2S. The highest BCUT2D eigenvalue weighted by molar-refractivity contribution is 8.11. The molecule has 3 nitrogen and oxygen atoms in total. The van der Waals surface area contributed by atoms with Crippen LogP contribution in [-0.4, -0.2) is 18.3 Å². The van der Waals surface area contributed by atoms with E-state index in [1.165, 1.54) is 11.4 Å². The number of ether oxygens (including phenoxy) is 1. The molecule has 0 aliphatic carbocycles. The zero-order chi connectivity index (χ0) is 12.1. The highest BCUT2D eigenvalue weighted by atomic mass is 127. The highest BCUT2D eigenvalue weighted by Gasteiger charge is 2.13. The first-order valence-electron chi connectivity index (χ1n) is 5.73. The first kappa shape index (κ1) is 15.5. The molecule has 0 saturated carbocycles. The Hall–Kier alpha value is -0.560. The molecule has 0 amide bonds. The smallest absolute Gasteiger partial charge is 0.302 e. The van der Waals surface area contributed by atoms with Gasteiger partial charge in [0.15, 0.2) is 5.88 Å². The van der Waals surface area contributed by atoms with Crippen molar-refractivity contribution >= 4 is 16.5 Å². The van der Waals surface area contributed by atoms with Crippen LogP contribution in [0, 0.1) is 10.4 Å². The maximum Gasteiger partial charge on any atom is 0.302 e. The number of carbonyl (C=O) groups is 1. The number of rotatable bonds is 5. The van der Waals surface area contributed by atoms with Crippen molar-refractivity contribution in [2.24, 2.45) is 4.99 Å². The maximum atomic E-state index is 10.6. The van der Waals surface area contributed by atoms with Gasteiger partial charge in [0.25, 0.3) is 0 Å². The molecule has 0 N–H and O–H groups in total. The van der Waals surface area contributed by atoms with Gasteiger partial charge in [0.2, 0.25) is 5.36 Å². The number of hydrogen-bond acceptors (Lipinski definition) is 3. The first-order chi connectivity index (χ1) is 8.27. The van der Waals surface area contributed by atoms with Crippen LogP contribution >= 0.6 is 10.5 Å². The summed E-state index contributed by atoms with van der Waals surface area (Å²) in [5.74, 6) is 2.96. The van der Waals surface area contributed by atoms with Gasteiger partial charge in [0, 0.05) is 12.7 Å². The van der Waals surface area contributed by atoms with Gasteiger partial charge in [-0.2, -0.15) is 0 Å². The molecule has 0 radical (unpaired) electrons. The average Bonchev–Trinajstić information content (AvgIpc) is 2.72. The summed E-state index contributed by atoms with van der Waals surface area (Å²) in [6.45, 7) is 1.98. The van der Waals surface area contributed by atoms with Gasteiger partial charge in [-0.15, -0.1) is 0 Å². The van der Waals surface area contributed by atoms with Gasteiger partial charge in [0.05, 0.1) is 12.7 Å². The third-order valence-electron chi connectivity index (χ3n) is 2.53. The Kier molecular flexibility index (Phi) is 6.70. The summed E-state index contributed by atoms with van der Waals surface area (Å²) in [5, 5.41) is 1.11. The number of benzene rings is 1. The zero-order valence-electron chi connectivity index (χ0n) is 10.3. The molecule has 1 aromatic rings. The molecule has 0 bridgehead atoms. The predicted molar refractivity (Wildman–Crippen MR) is 69.1 cm³/mol. The van der Waals surface area contributed by atoms with Crippen molar-refractivity contribution in [2.45, 2.75) is 19.8 Å². The van der Waals surface area contributed by atoms with Gasteiger partial charge in [-0.3, -0.25) is 4.79 Å². The number of fused-ring (bicyclic) bond motifs is 1. The van der Waals surface area contributed by atoms with Crippen molar-refractivity contribution in [2.75, 3.05) is 12.4 Å². The molecule has 18 heavy (non-hydrogen) atoms. The molecule has 1 unspecified atom stereocenters. The number of para-hydroxylation sites is 1. The third-order valence-corrected chi connectivity index (χ3v) is 4.53. The van der Waals surface area contributed by atoms with Crippen molar-refractivity contribution in [3.05, 3.63) is 40.0 Å². The van der Waals surface area contributed by atoms with E-state index in [0.29, 0.717) is 6.61 Å². The minimum atomic E-state index is -0.194. The van der Waals surface area contributed by atoms with Crippen LogP contribution in [0.3, 0.4) is 0 Å². The first-order valence-corrected chi connectivity index (χ1v) is 7.19. The van der Waals surface area contributed by atoms with E-state index in [2.05, 4.69) is 29.1 Å². The van der Waals surface area contributed by atoms with E-state index in [1.807, 2.05) is 6.07 Å². The fraction of sp³-hybridized carbons (Fsp3) is 0.385. The second-order valence-corrected chi connectivity index (χ2v) is 5.80. The van der Waals surface area contributed by atoms with Crippen molar-refractivity contribution in [3.8, 4) is 0 Å². The summed E-state index contributed by atoms with van der Waals surface area (Å²) in [6, 6.07) is 8.28. The maximum absolute atomic E-state index is 10.6. The molecule has 98 valence electrons. The van der Waals surface area contributed by atoms with E-state index >= 15 is 0 Å². The summed E-state index contributed by atoms with van der Waals surface area (Å²) in [5.41, 5.74) is 0. The van der Waals surface area contributed by atoms with Gasteiger partial charge < -0.3 is 28.7 Å². The number of esters is 1. The summed E-state index contributed by atoms with van der Waals surface area (Å²) in [4.78, 5) is 15.0. The van der Waals surface area contributed by atoms with Gasteiger partial charge >= 0.3 is 5.97 Å². The Morgan fingerprint density at radius 2 is 2.17 bits per heavy atom. The van der Waals surface area contributed by atoms with E-state index in [4.69, 9.17) is 4.74 Å². The van der Waals surface area contributed by atoms with Gasteiger partial charge in [0.1, 0.15) is 4.51 Å². The Balaban J connectivity index is 0.00000162. The van der Waals surface area contributed by atoms with Crippen LogP contribution in [0.25, 0.3) is 0 Å². The normalized spacial score (nSPS) is 15.9. The number of hydrogen-bond donors (Lipinski definition) is 0. The van der Waals surface area contributed by atoms with Crippen molar-refractivity contribution < 1.29 is 33.5 Å². The molecule has 1 aliphatic rings. The van der Waals surface area contributed by atoms with Crippen LogP contribution in [-0.2, 0) is 9.53 Å². The Bertz CT molecular complexity index is 530. The number of halogens is 1. The lowest BCUT2D eigenvalue weighted by atomic mass is 10.3. The van der Waals surface area contributed by atoms with Crippen molar-refractivity contribution in [1.29, 1.82) is 0 Å². The summed E-state index contributed by atoms with van der Waals surface area (Å²) in [7, 11) is 0.151. The fourth-order valence-corrected chi connectivity index (χ4v) is 3.54. The average molecular weight is 377 g/mol. The van der Waals surface area contributed by atoms with E-state index in [9.17, 15) is 4.79 Å². The second kappa shape index (κ2) is 7.78. The van der Waals surface area contributed by atoms with Crippen LogP contribution in [0.5, 0.6) is 0 Å². The van der Waals surface area contributed by atoms with Gasteiger partial charge in [-0.1, -0.05) is 11.1 Å². The van der Waals surface area contributed by atoms with E-state index < -0.39 is 0 Å². The molecule has 1 atom stereocenters. The van der Waals surface area contributed by atoms with Crippen LogP contribution in [0.1, 0.15) is 19.8 Å². The second-order valence-electron chi connectivity index (χ2n) is 3.88. The lowest BCUT2D eigenvalue weighted by molar-refractivity contribution is -0.141. The third kappa shape index (κ3) is 4.28. The molecule has 1 aliphatic heterocycles. The topological polar surface area (TPSA) is 38.7 Å². The molecule has 1 heterocycles. The standard InChI is InChI=1S/C13H16NO2S.HI/c1-11(15)16-8-4-5-9-17-10-14-12-6-2-3-7-13(12)17;/h2-3,6-7,10H,4-5,8-9H2,1H3;1H/q+1;/p-1. The van der Waals surface area contributed by atoms with E-state index in [-0.39, 0.29) is 40.4 Å². The van der Waals surface area contributed by atoms with Gasteiger partial charge in [-0.25, -0.2) is 0 Å². The largest absolute Gasteiger partial charge is 1.00 e. The SMILES string of the molecule is CC(=O)OCCCCS1=c2ccccc2=N[CH+]1.[I-]. The summed E-state index contributed by atoms with van der Waals surface area (Å²) >= 11 is 0. The van der Waals surface area contributed by atoms with E-state index in [1.54, 1.807) is 0 Å². The monoisotopic (exact) mass is 377 g/mol. The van der Waals surface area contributed by atoms with Crippen molar-refractivity contribution in [3.63, 3.8) is 0 Å². The summed E-state index contributed by atoms with van der Waals surface area (Å²) < 4.78 is 6.25. The fourth-order valence-electron chi connectivity index (χ4n) is 1.70. The molecule has 0 spiro atoms. The minimum absolute atomic E-state index is 0. The molecule has 1 aromatic carbocycles. The van der Waals surface area contributed by atoms with Crippen LogP contribution in [0.15, 0.2) is 29.3 Å². The van der Waals surface area contributed by atoms with Crippen LogP contribution in [0.4, 0.5) is 0 Å². The quantitative estimate of drug-likeness (QED) is 0.224. The van der Waals surface area contributed by atoms with Gasteiger partial charge in [-0.05, 0) is 35.5 Å². The zero-order valence-corrected chi connectivity index (χ0v) is 13.2. The molecule has 0 aromatic heterocycles. The lowest BCUT2D eigenvalue weighted by Crippen LogP contribution is -3.00. The molecule has 5 heteroatoms. The van der Waals surface area contributed by atoms with E-state index in [0.717, 1.165) is 24.0 Å². The highest BCUT2D eigenvalue weighted by Crippen LogP contribution is 2.25. The summed E-state index contributed by atoms with van der Waals surface area (Å²) in [6.07, 6.45) is 2.00. The number of carbonyl (C=O) groups excluding carboxylic acids is 1. The number of nitrogens with zero attached hydrogens (tertiary/aromatic N) is 1. The molecule has 0 saturated heterocycles. The Labute approximate surface area is 127 Å². The predicted octanol–water partition coefficient (Wildman–Crippen LogP) is -0.694. The van der Waals surface area contributed by atoms with Crippen molar-refractivity contribution in [1.82, 2.24) is 0 Å². The minimum Gasteiger partial charge on any atom is -1.00 e. The van der Waals surface area contributed by atoms with Crippen LogP contribution in [0.2, 0.25) is 0 Å². The molecule has 2 rings (SSSR count). The van der Waals surface area contributed by atoms with Crippen LogP contribution < -0.4 is 29.3 Å². The molecule has 0 fully saturated rings. The molecular weight excluding hydrogens is 361 g/mol. The Morgan fingerprint density at radius 3 is 2.94 bits per heavy atom. The lowest BCUT2D eigenvalue weighted by Gasteiger charge is -2.00. The number of unbranched alkanes of at least 4 members (excludes halogenated alkanes) is 1.